The highest BCUT2D eigenvalue weighted by Gasteiger charge is 2.37. The van der Waals surface area contributed by atoms with E-state index in [1.165, 1.54) is 4.90 Å². The van der Waals surface area contributed by atoms with Crippen LogP contribution in [0.25, 0.3) is 0 Å². The van der Waals surface area contributed by atoms with Crippen molar-refractivity contribution in [2.24, 2.45) is 5.73 Å². The van der Waals surface area contributed by atoms with Gasteiger partial charge >= 0.3 is 12.1 Å². The van der Waals surface area contributed by atoms with Crippen molar-refractivity contribution in [1.29, 1.82) is 0 Å². The molecular formula is C31H37BrN4O6. The fourth-order valence-electron chi connectivity index (χ4n) is 4.97. The lowest BCUT2D eigenvalue weighted by molar-refractivity contribution is -0.155. The van der Waals surface area contributed by atoms with Crippen molar-refractivity contribution >= 4 is 45.5 Å². The normalized spacial score (nSPS) is 15.5. The smallest absolute Gasteiger partial charge is 0.410 e. The minimum Gasteiger partial charge on any atom is -0.460 e. The minimum absolute atomic E-state index is 0.0369. The van der Waals surface area contributed by atoms with E-state index in [1.807, 2.05) is 36.4 Å². The highest BCUT2D eigenvalue weighted by molar-refractivity contribution is 9.10. The van der Waals surface area contributed by atoms with E-state index >= 15 is 0 Å². The number of hydrogen-bond acceptors (Lipinski definition) is 7. The maximum Gasteiger partial charge on any atom is 0.410 e. The Labute approximate surface area is 254 Å². The van der Waals surface area contributed by atoms with Crippen molar-refractivity contribution in [2.75, 3.05) is 25.0 Å². The average molecular weight is 642 g/mol. The number of carbonyl (C=O) groups is 4. The van der Waals surface area contributed by atoms with Gasteiger partial charge in [-0.2, -0.15) is 0 Å². The third-order valence-corrected chi connectivity index (χ3v) is 7.75. The van der Waals surface area contributed by atoms with Crippen LogP contribution in [-0.4, -0.2) is 65.0 Å². The van der Waals surface area contributed by atoms with E-state index in [2.05, 4.69) is 21.2 Å². The monoisotopic (exact) mass is 640 g/mol. The number of ether oxygens (including phenoxy) is 2. The van der Waals surface area contributed by atoms with Crippen LogP contribution < -0.4 is 11.1 Å². The zero-order valence-corrected chi connectivity index (χ0v) is 25.7. The number of nitrogens with two attached hydrogens (primary N) is 1. The topological polar surface area (TPSA) is 131 Å². The van der Waals surface area contributed by atoms with E-state index in [4.69, 9.17) is 15.2 Å². The third kappa shape index (κ3) is 7.90. The number of primary amides is 1. The lowest BCUT2D eigenvalue weighted by Gasteiger charge is -2.27. The van der Waals surface area contributed by atoms with Gasteiger partial charge in [-0.3, -0.25) is 14.4 Å². The molecule has 11 heteroatoms. The zero-order chi connectivity index (χ0) is 30.4. The summed E-state index contributed by atoms with van der Waals surface area (Å²) in [6.45, 7) is 7.22. The highest BCUT2D eigenvalue weighted by atomic mass is 79.9. The molecule has 2 heterocycles. The molecule has 42 heavy (non-hydrogen) atoms. The molecule has 0 saturated carbocycles. The van der Waals surface area contributed by atoms with Gasteiger partial charge in [-0.25, -0.2) is 4.79 Å². The van der Waals surface area contributed by atoms with Gasteiger partial charge in [0.15, 0.2) is 0 Å². The van der Waals surface area contributed by atoms with Crippen molar-refractivity contribution < 1.29 is 28.7 Å². The molecule has 2 aromatic carbocycles. The first-order valence-corrected chi connectivity index (χ1v) is 14.7. The summed E-state index contributed by atoms with van der Waals surface area (Å²) < 4.78 is 11.6. The van der Waals surface area contributed by atoms with Gasteiger partial charge in [0, 0.05) is 48.2 Å². The Morgan fingerprint density at radius 3 is 2.50 bits per heavy atom. The Kier molecular flexibility index (Phi) is 9.93. The van der Waals surface area contributed by atoms with Gasteiger partial charge in [0.05, 0.1) is 5.69 Å². The lowest BCUT2D eigenvalue weighted by atomic mass is 10.1. The van der Waals surface area contributed by atoms with Crippen LogP contribution in [-0.2, 0) is 32.2 Å². The molecule has 2 aliphatic rings. The number of esters is 1. The molecule has 3 amide bonds. The molecule has 0 saturated heterocycles. The number of halogens is 1. The summed E-state index contributed by atoms with van der Waals surface area (Å²) in [5, 5.41) is 3.44. The Hall–Kier alpha value is -3.86. The number of carbonyl (C=O) groups excluding carboxylic acids is 4. The minimum atomic E-state index is -0.947. The summed E-state index contributed by atoms with van der Waals surface area (Å²) in [6, 6.07) is 12.1. The first kappa shape index (κ1) is 31.1. The van der Waals surface area contributed by atoms with Crippen LogP contribution in [0.15, 0.2) is 58.6 Å². The molecule has 2 aliphatic heterocycles. The van der Waals surface area contributed by atoms with E-state index in [0.717, 1.165) is 26.9 Å². The van der Waals surface area contributed by atoms with Crippen molar-refractivity contribution in [1.82, 2.24) is 9.80 Å². The highest BCUT2D eigenvalue weighted by Crippen LogP contribution is 2.37. The van der Waals surface area contributed by atoms with Gasteiger partial charge < -0.3 is 30.3 Å². The lowest BCUT2D eigenvalue weighted by Crippen LogP contribution is -2.45. The molecule has 3 N–H and O–H groups in total. The number of nitrogens with one attached hydrogen (secondary N) is 1. The molecule has 0 aromatic heterocycles. The largest absolute Gasteiger partial charge is 0.460 e. The SMILES string of the molecule is CC(C)(C)OC(=O)CCC(C(N)=O)N1Cc2c(ccc(Br)c2NCC2=CCN(C(=O)OCc3ccccc3)CC2)C1=O. The number of benzene rings is 2. The number of anilines is 1. The molecule has 1 unspecified atom stereocenters. The van der Waals surface area contributed by atoms with Gasteiger partial charge in [0.2, 0.25) is 5.91 Å². The molecule has 224 valence electrons. The second kappa shape index (κ2) is 13.4. The summed E-state index contributed by atoms with van der Waals surface area (Å²) in [7, 11) is 0. The van der Waals surface area contributed by atoms with Crippen LogP contribution in [0.5, 0.6) is 0 Å². The van der Waals surface area contributed by atoms with Gasteiger partial charge in [0.25, 0.3) is 5.91 Å². The number of nitrogens with zero attached hydrogens (tertiary/aromatic N) is 2. The van der Waals surface area contributed by atoms with E-state index in [1.54, 1.807) is 37.8 Å². The third-order valence-electron chi connectivity index (χ3n) is 7.09. The summed E-state index contributed by atoms with van der Waals surface area (Å²) in [5.74, 6) is -1.44. The van der Waals surface area contributed by atoms with Crippen LogP contribution in [0.1, 0.15) is 61.5 Å². The molecule has 0 fully saturated rings. The Morgan fingerprint density at radius 2 is 1.86 bits per heavy atom. The molecule has 0 radical (unpaired) electrons. The Balaban J connectivity index is 1.36. The van der Waals surface area contributed by atoms with Gasteiger partial charge in [-0.15, -0.1) is 0 Å². The summed E-state index contributed by atoms with van der Waals surface area (Å²) >= 11 is 3.59. The molecule has 0 aliphatic carbocycles. The molecule has 0 spiro atoms. The summed E-state index contributed by atoms with van der Waals surface area (Å²) in [5.41, 5.74) is 9.08. The van der Waals surface area contributed by atoms with Crippen LogP contribution in [0.2, 0.25) is 0 Å². The van der Waals surface area contributed by atoms with Crippen molar-refractivity contribution in [3.63, 3.8) is 0 Å². The Morgan fingerprint density at radius 1 is 1.12 bits per heavy atom. The van der Waals surface area contributed by atoms with Gasteiger partial charge in [0.1, 0.15) is 18.2 Å². The summed E-state index contributed by atoms with van der Waals surface area (Å²) in [4.78, 5) is 53.5. The maximum atomic E-state index is 13.3. The second-order valence-corrected chi connectivity index (χ2v) is 12.2. The molecule has 4 rings (SSSR count). The van der Waals surface area contributed by atoms with Gasteiger partial charge in [-0.05, 0) is 67.2 Å². The first-order valence-electron chi connectivity index (χ1n) is 13.9. The maximum absolute atomic E-state index is 13.3. The average Bonchev–Trinajstić information content (AvgIpc) is 3.26. The standard InChI is InChI=1S/C31H37BrN4O6/c1-31(2,3)42-26(37)12-11-25(28(33)38)36-18-23-22(29(36)39)9-10-24(32)27(23)34-17-20-13-15-35(16-14-20)30(40)41-19-21-7-5-4-6-8-21/h4-10,13,25,34H,11-12,14-19H2,1-3H3,(H2,33,38). The molecule has 10 nitrogen and oxygen atoms in total. The van der Waals surface area contributed by atoms with Crippen molar-refractivity contribution in [3.05, 3.63) is 75.3 Å². The number of fused-ring (bicyclic) bond motifs is 1. The molecule has 0 bridgehead atoms. The van der Waals surface area contributed by atoms with Crippen LogP contribution in [0.3, 0.4) is 0 Å². The molecular weight excluding hydrogens is 604 g/mol. The fraction of sp³-hybridized carbons (Fsp3) is 0.419. The zero-order valence-electron chi connectivity index (χ0n) is 24.2. The number of rotatable bonds is 10. The number of hydrogen-bond donors (Lipinski definition) is 2. The Bertz CT molecular complexity index is 1370. The van der Waals surface area contributed by atoms with Crippen LogP contribution in [0.4, 0.5) is 10.5 Å². The molecule has 1 atom stereocenters. The van der Waals surface area contributed by atoms with E-state index in [-0.39, 0.29) is 38.0 Å². The summed E-state index contributed by atoms with van der Waals surface area (Å²) in [6.07, 6.45) is 2.38. The quantitative estimate of drug-likeness (QED) is 0.283. The fourth-order valence-corrected chi connectivity index (χ4v) is 5.48. The van der Waals surface area contributed by atoms with Gasteiger partial charge in [-0.1, -0.05) is 42.0 Å². The predicted molar refractivity (Wildman–Crippen MR) is 161 cm³/mol. The van der Waals surface area contributed by atoms with E-state index < -0.39 is 23.5 Å². The van der Waals surface area contributed by atoms with Crippen LogP contribution in [0, 0.1) is 0 Å². The van der Waals surface area contributed by atoms with E-state index in [9.17, 15) is 19.2 Å². The van der Waals surface area contributed by atoms with Crippen LogP contribution >= 0.6 is 15.9 Å². The molecule has 2 aromatic rings. The second-order valence-electron chi connectivity index (χ2n) is 11.4. The van der Waals surface area contributed by atoms with E-state index in [0.29, 0.717) is 31.6 Å². The predicted octanol–water partition coefficient (Wildman–Crippen LogP) is 4.76. The van der Waals surface area contributed by atoms with Crippen molar-refractivity contribution in [3.8, 4) is 0 Å². The number of amides is 3. The first-order chi connectivity index (χ1) is 19.9. The van der Waals surface area contributed by atoms with Crippen molar-refractivity contribution in [2.45, 2.75) is 64.8 Å².